The summed E-state index contributed by atoms with van der Waals surface area (Å²) < 4.78 is 10.4. The van der Waals surface area contributed by atoms with E-state index in [1.165, 1.54) is 0 Å². The third-order valence-corrected chi connectivity index (χ3v) is 3.26. The number of hydrazone groups is 1. The van der Waals surface area contributed by atoms with E-state index >= 15 is 0 Å². The van der Waals surface area contributed by atoms with Crippen LogP contribution in [0, 0.1) is 0 Å². The van der Waals surface area contributed by atoms with Gasteiger partial charge in [0.25, 0.3) is 5.91 Å². The molecule has 0 saturated carbocycles. The van der Waals surface area contributed by atoms with Crippen LogP contribution >= 0.6 is 11.3 Å². The first-order chi connectivity index (χ1) is 9.33. The van der Waals surface area contributed by atoms with Crippen molar-refractivity contribution in [2.75, 3.05) is 6.79 Å². The van der Waals surface area contributed by atoms with Crippen LogP contribution < -0.4 is 14.9 Å². The molecule has 0 spiro atoms. The average Bonchev–Trinajstić information content (AvgIpc) is 3.08. The fourth-order valence-corrected chi connectivity index (χ4v) is 2.23. The molecule has 1 amide bonds. The summed E-state index contributed by atoms with van der Waals surface area (Å²) in [5.74, 6) is 0.942. The highest BCUT2D eigenvalue weighted by Gasteiger charge is 2.15. The Hall–Kier alpha value is -2.34. The largest absolute Gasteiger partial charge is 0.454 e. The van der Waals surface area contributed by atoms with Gasteiger partial charge in [-0.05, 0) is 35.0 Å². The molecule has 2 aromatic rings. The second kappa shape index (κ2) is 5.11. The number of fused-ring (bicyclic) bond motifs is 1. The van der Waals surface area contributed by atoms with Gasteiger partial charge in [-0.25, -0.2) is 5.43 Å². The van der Waals surface area contributed by atoms with E-state index in [1.54, 1.807) is 35.8 Å². The Kier molecular flexibility index (Phi) is 3.16. The molecule has 2 heterocycles. The zero-order valence-electron chi connectivity index (χ0n) is 9.83. The van der Waals surface area contributed by atoms with Gasteiger partial charge in [0.1, 0.15) is 0 Å². The molecule has 0 bridgehead atoms. The molecule has 0 radical (unpaired) electrons. The predicted octanol–water partition coefficient (Wildman–Crippen LogP) is 2.24. The Balaban J connectivity index is 1.67. The number of thiophene rings is 1. The van der Waals surface area contributed by atoms with Gasteiger partial charge in [0.15, 0.2) is 11.5 Å². The van der Waals surface area contributed by atoms with Crippen LogP contribution in [-0.4, -0.2) is 18.9 Å². The first-order valence-corrected chi connectivity index (χ1v) is 6.52. The molecule has 1 aromatic heterocycles. The molecular weight excluding hydrogens is 264 g/mol. The maximum absolute atomic E-state index is 11.9. The van der Waals surface area contributed by atoms with Crippen LogP contribution in [0.25, 0.3) is 0 Å². The van der Waals surface area contributed by atoms with E-state index in [0.29, 0.717) is 17.1 Å². The smallest absolute Gasteiger partial charge is 0.271 e. The Morgan fingerprint density at radius 2 is 2.21 bits per heavy atom. The number of nitrogens with zero attached hydrogens (tertiary/aromatic N) is 1. The lowest BCUT2D eigenvalue weighted by Gasteiger charge is -2.01. The molecule has 5 nitrogen and oxygen atoms in total. The first kappa shape index (κ1) is 11.7. The summed E-state index contributed by atoms with van der Waals surface area (Å²) >= 11 is 1.57. The molecule has 1 aromatic carbocycles. The van der Waals surface area contributed by atoms with Crippen LogP contribution in [0.3, 0.4) is 0 Å². The summed E-state index contributed by atoms with van der Waals surface area (Å²) in [7, 11) is 0. The van der Waals surface area contributed by atoms with Gasteiger partial charge in [0, 0.05) is 11.1 Å². The van der Waals surface area contributed by atoms with Gasteiger partial charge in [0.2, 0.25) is 6.79 Å². The summed E-state index contributed by atoms with van der Waals surface area (Å²) in [5.41, 5.74) is 3.90. The van der Waals surface area contributed by atoms with Gasteiger partial charge >= 0.3 is 0 Å². The second-order valence-electron chi connectivity index (χ2n) is 3.82. The number of benzene rings is 1. The molecule has 0 fully saturated rings. The lowest BCUT2D eigenvalue weighted by atomic mass is 10.2. The van der Waals surface area contributed by atoms with E-state index in [9.17, 15) is 4.79 Å². The molecule has 3 rings (SSSR count). The van der Waals surface area contributed by atoms with Crippen molar-refractivity contribution in [1.82, 2.24) is 5.43 Å². The van der Waals surface area contributed by atoms with Crippen LogP contribution in [0.1, 0.15) is 15.9 Å². The molecule has 0 atom stereocenters. The van der Waals surface area contributed by atoms with E-state index in [1.807, 2.05) is 16.8 Å². The summed E-state index contributed by atoms with van der Waals surface area (Å²) in [6.07, 6.45) is 1.60. The third kappa shape index (κ3) is 2.58. The van der Waals surface area contributed by atoms with Crippen molar-refractivity contribution >= 4 is 23.5 Å². The summed E-state index contributed by atoms with van der Waals surface area (Å²) in [6, 6.07) is 6.93. The maximum Gasteiger partial charge on any atom is 0.271 e. The predicted molar refractivity (Wildman–Crippen MR) is 71.9 cm³/mol. The van der Waals surface area contributed by atoms with Crippen LogP contribution in [0.5, 0.6) is 11.5 Å². The second-order valence-corrected chi connectivity index (χ2v) is 4.60. The molecule has 1 aliphatic heterocycles. The lowest BCUT2D eigenvalue weighted by Crippen LogP contribution is -2.17. The Morgan fingerprint density at radius 1 is 1.32 bits per heavy atom. The Labute approximate surface area is 113 Å². The Bertz CT molecular complexity index is 623. The zero-order valence-corrected chi connectivity index (χ0v) is 10.6. The molecule has 0 aliphatic carbocycles. The number of hydrogen-bond acceptors (Lipinski definition) is 5. The Morgan fingerprint density at radius 3 is 3.05 bits per heavy atom. The highest BCUT2D eigenvalue weighted by molar-refractivity contribution is 7.08. The lowest BCUT2D eigenvalue weighted by molar-refractivity contribution is 0.0954. The number of ether oxygens (including phenoxy) is 2. The number of carbonyl (C=O) groups is 1. The monoisotopic (exact) mass is 274 g/mol. The van der Waals surface area contributed by atoms with Gasteiger partial charge in [0.05, 0.1) is 6.21 Å². The van der Waals surface area contributed by atoms with E-state index in [4.69, 9.17) is 9.47 Å². The van der Waals surface area contributed by atoms with E-state index in [-0.39, 0.29) is 12.7 Å². The third-order valence-electron chi connectivity index (χ3n) is 2.56. The highest BCUT2D eigenvalue weighted by Crippen LogP contribution is 2.32. The topological polar surface area (TPSA) is 59.9 Å². The van der Waals surface area contributed by atoms with Gasteiger partial charge < -0.3 is 9.47 Å². The van der Waals surface area contributed by atoms with Crippen LogP contribution in [0.15, 0.2) is 40.1 Å². The number of amides is 1. The minimum Gasteiger partial charge on any atom is -0.454 e. The number of rotatable bonds is 3. The minimum absolute atomic E-state index is 0.191. The molecule has 96 valence electrons. The SMILES string of the molecule is O=C(NN=Cc1ccsc1)c1ccc2c(c1)OCO2. The molecule has 0 saturated heterocycles. The normalized spacial score (nSPS) is 12.8. The van der Waals surface area contributed by atoms with Crippen molar-refractivity contribution in [2.24, 2.45) is 5.10 Å². The number of hydrogen-bond donors (Lipinski definition) is 1. The van der Waals surface area contributed by atoms with E-state index in [2.05, 4.69) is 10.5 Å². The van der Waals surface area contributed by atoms with Gasteiger partial charge in [-0.15, -0.1) is 0 Å². The quantitative estimate of drug-likeness (QED) is 0.689. The fourth-order valence-electron chi connectivity index (χ4n) is 1.62. The van der Waals surface area contributed by atoms with Crippen molar-refractivity contribution < 1.29 is 14.3 Å². The molecule has 1 aliphatic rings. The fraction of sp³-hybridized carbons (Fsp3) is 0.0769. The molecule has 1 N–H and O–H groups in total. The van der Waals surface area contributed by atoms with Gasteiger partial charge in [-0.2, -0.15) is 16.4 Å². The first-order valence-electron chi connectivity index (χ1n) is 5.58. The summed E-state index contributed by atoms with van der Waals surface area (Å²) in [4.78, 5) is 11.9. The standard InChI is InChI=1S/C13H10N2O3S/c16-13(15-14-6-9-3-4-19-7-9)10-1-2-11-12(5-10)18-8-17-11/h1-7H,8H2,(H,15,16). The highest BCUT2D eigenvalue weighted by atomic mass is 32.1. The minimum atomic E-state index is -0.287. The number of nitrogens with one attached hydrogen (secondary N) is 1. The summed E-state index contributed by atoms with van der Waals surface area (Å²) in [6.45, 7) is 0.191. The van der Waals surface area contributed by atoms with Crippen LogP contribution in [0.2, 0.25) is 0 Å². The average molecular weight is 274 g/mol. The van der Waals surface area contributed by atoms with E-state index < -0.39 is 0 Å². The molecule has 19 heavy (non-hydrogen) atoms. The maximum atomic E-state index is 11.9. The van der Waals surface area contributed by atoms with Crippen molar-refractivity contribution in [2.45, 2.75) is 0 Å². The van der Waals surface area contributed by atoms with Crippen molar-refractivity contribution in [3.05, 3.63) is 46.2 Å². The van der Waals surface area contributed by atoms with Crippen molar-refractivity contribution in [1.29, 1.82) is 0 Å². The molecule has 6 heteroatoms. The van der Waals surface area contributed by atoms with Gasteiger partial charge in [-0.1, -0.05) is 0 Å². The summed E-state index contributed by atoms with van der Waals surface area (Å²) in [5, 5.41) is 7.78. The van der Waals surface area contributed by atoms with E-state index in [0.717, 1.165) is 5.56 Å². The number of carbonyl (C=O) groups excluding carboxylic acids is 1. The van der Waals surface area contributed by atoms with Crippen molar-refractivity contribution in [3.63, 3.8) is 0 Å². The molecular formula is C13H10N2O3S. The molecule has 0 unspecified atom stereocenters. The van der Waals surface area contributed by atoms with Crippen LogP contribution in [-0.2, 0) is 0 Å². The van der Waals surface area contributed by atoms with Crippen molar-refractivity contribution in [3.8, 4) is 11.5 Å². The van der Waals surface area contributed by atoms with Crippen LogP contribution in [0.4, 0.5) is 0 Å². The van der Waals surface area contributed by atoms with Gasteiger partial charge in [-0.3, -0.25) is 4.79 Å². The zero-order chi connectivity index (χ0) is 13.1.